The van der Waals surface area contributed by atoms with Crippen LogP contribution in [0.2, 0.25) is 0 Å². The van der Waals surface area contributed by atoms with Crippen LogP contribution in [0.5, 0.6) is 0 Å². The number of ether oxygens (including phenoxy) is 5. The lowest BCUT2D eigenvalue weighted by molar-refractivity contribution is -0.301. The van der Waals surface area contributed by atoms with Gasteiger partial charge < -0.3 is 39.0 Å². The first-order valence-corrected chi connectivity index (χ1v) is 29.6. The van der Waals surface area contributed by atoms with E-state index in [1.54, 1.807) is 0 Å². The Morgan fingerprint density at radius 1 is 0.453 bits per heavy atom. The largest absolute Gasteiger partial charge is 0.479 e. The van der Waals surface area contributed by atoms with Crippen LogP contribution in [-0.2, 0) is 42.9 Å². The summed E-state index contributed by atoms with van der Waals surface area (Å²) in [6.07, 6.45) is 52.7. The molecular formula is C63H104O12. The molecule has 12 nitrogen and oxygen atoms in total. The number of carboxylic acids is 1. The summed E-state index contributed by atoms with van der Waals surface area (Å²) in [6, 6.07) is 0. The normalized spacial score (nSPS) is 18.8. The number of aliphatic carboxylic acids is 1. The van der Waals surface area contributed by atoms with Crippen LogP contribution in [0.4, 0.5) is 0 Å². The van der Waals surface area contributed by atoms with Gasteiger partial charge in [0.1, 0.15) is 18.8 Å². The first kappa shape index (κ1) is 68.9. The van der Waals surface area contributed by atoms with E-state index in [1.165, 1.54) is 51.4 Å². The summed E-state index contributed by atoms with van der Waals surface area (Å²) in [5.74, 6) is -3.19. The van der Waals surface area contributed by atoms with E-state index >= 15 is 0 Å². The van der Waals surface area contributed by atoms with E-state index in [4.69, 9.17) is 23.7 Å². The summed E-state index contributed by atoms with van der Waals surface area (Å²) in [7, 11) is 0. The van der Waals surface area contributed by atoms with Gasteiger partial charge >= 0.3 is 23.9 Å². The van der Waals surface area contributed by atoms with Crippen molar-refractivity contribution in [1.82, 2.24) is 0 Å². The second-order valence-electron chi connectivity index (χ2n) is 19.9. The molecule has 0 aliphatic carbocycles. The fraction of sp³-hybridized carbons (Fsp3) is 0.714. The van der Waals surface area contributed by atoms with E-state index in [9.17, 15) is 34.5 Å². The van der Waals surface area contributed by atoms with Crippen molar-refractivity contribution in [3.05, 3.63) is 85.1 Å². The van der Waals surface area contributed by atoms with Gasteiger partial charge in [-0.1, -0.05) is 196 Å². The lowest BCUT2D eigenvalue weighted by Gasteiger charge is -2.40. The van der Waals surface area contributed by atoms with Gasteiger partial charge in [-0.15, -0.1) is 0 Å². The number of rotatable bonds is 49. The van der Waals surface area contributed by atoms with Gasteiger partial charge in [0.05, 0.1) is 6.61 Å². The summed E-state index contributed by atoms with van der Waals surface area (Å²) < 4.78 is 28.4. The van der Waals surface area contributed by atoms with Crippen molar-refractivity contribution in [2.24, 2.45) is 0 Å². The smallest absolute Gasteiger partial charge is 0.335 e. The van der Waals surface area contributed by atoms with Crippen LogP contribution in [0.25, 0.3) is 0 Å². The molecule has 0 amide bonds. The van der Waals surface area contributed by atoms with E-state index in [0.717, 1.165) is 128 Å². The molecule has 1 heterocycles. The lowest BCUT2D eigenvalue weighted by atomic mass is 9.98. The molecule has 0 aromatic heterocycles. The van der Waals surface area contributed by atoms with Crippen LogP contribution < -0.4 is 0 Å². The Morgan fingerprint density at radius 2 is 0.867 bits per heavy atom. The highest BCUT2D eigenvalue weighted by Crippen LogP contribution is 2.26. The maximum absolute atomic E-state index is 13.1. The summed E-state index contributed by atoms with van der Waals surface area (Å²) >= 11 is 0. The number of hydrogen-bond acceptors (Lipinski definition) is 11. The van der Waals surface area contributed by atoms with E-state index in [0.29, 0.717) is 19.3 Å². The predicted octanol–water partition coefficient (Wildman–Crippen LogP) is 15.1. The van der Waals surface area contributed by atoms with Gasteiger partial charge in [0.25, 0.3) is 0 Å². The molecule has 75 heavy (non-hydrogen) atoms. The summed E-state index contributed by atoms with van der Waals surface area (Å²) in [5.41, 5.74) is 0. The number of unbranched alkanes of at least 4 members (excludes halogenated alkanes) is 21. The molecule has 0 radical (unpaired) electrons. The third-order valence-electron chi connectivity index (χ3n) is 12.9. The molecule has 3 N–H and O–H groups in total. The Kier molecular flexibility index (Phi) is 46.6. The van der Waals surface area contributed by atoms with Crippen LogP contribution in [0.15, 0.2) is 85.1 Å². The second kappa shape index (κ2) is 50.7. The fourth-order valence-corrected chi connectivity index (χ4v) is 8.39. The maximum Gasteiger partial charge on any atom is 0.335 e. The van der Waals surface area contributed by atoms with Crippen molar-refractivity contribution >= 4 is 23.9 Å². The molecule has 428 valence electrons. The molecule has 1 fully saturated rings. The molecule has 1 aliphatic rings. The van der Waals surface area contributed by atoms with Crippen molar-refractivity contribution in [3.8, 4) is 0 Å². The molecule has 1 saturated heterocycles. The SMILES string of the molecule is CC/C=C\C/C=C\C/C=C\CCCCCC(=O)OCC(COC1OC(C(=O)O)C(O)C(O)C1OC(=O)CCCCCCCCCCC/C=C\C/C=C\CCCCC)OC(=O)CCCCCCC/C=C\C/C=C\CCC. The van der Waals surface area contributed by atoms with Gasteiger partial charge in [-0.2, -0.15) is 0 Å². The zero-order chi connectivity index (χ0) is 54.7. The highest BCUT2D eigenvalue weighted by molar-refractivity contribution is 5.74. The lowest BCUT2D eigenvalue weighted by Crippen LogP contribution is -2.61. The van der Waals surface area contributed by atoms with Crippen LogP contribution in [0, 0.1) is 0 Å². The van der Waals surface area contributed by atoms with E-state index < -0.39 is 67.3 Å². The van der Waals surface area contributed by atoms with Crippen molar-refractivity contribution < 1.29 is 58.2 Å². The number of carbonyl (C=O) groups excluding carboxylic acids is 3. The molecule has 0 aromatic rings. The molecule has 6 atom stereocenters. The Labute approximate surface area is 454 Å². The number of esters is 3. The topological polar surface area (TPSA) is 175 Å². The zero-order valence-corrected chi connectivity index (χ0v) is 47.0. The van der Waals surface area contributed by atoms with E-state index in [2.05, 4.69) is 106 Å². The van der Waals surface area contributed by atoms with E-state index in [-0.39, 0.29) is 25.9 Å². The standard InChI is InChI=1S/C63H104O12/c1-4-7-10-13-16-19-22-25-26-27-28-29-30-33-36-39-42-45-48-51-57(66)74-61-59(68)58(67)60(62(69)70)75-63(61)72-53-54(73-56(65)50-47-44-41-38-35-32-24-21-18-15-12-9-6-3)52-71-55(64)49-46-43-40-37-34-31-23-20-17-14-11-8-5-2/h8,11-12,15-17,19-21,24-26,31,34,54,58-61,63,67-68H,4-7,9-10,13-14,18,22-23,27-30,32-33,35-53H2,1-3H3,(H,69,70)/b11-8-,15-12-,19-16-,20-17-,24-21-,26-25-,34-31-. The number of hydrogen-bond donors (Lipinski definition) is 3. The van der Waals surface area contributed by atoms with Crippen LogP contribution >= 0.6 is 0 Å². The molecule has 0 bridgehead atoms. The third kappa shape index (κ3) is 40.8. The average Bonchev–Trinajstić information content (AvgIpc) is 3.39. The molecular weight excluding hydrogens is 949 g/mol. The number of aliphatic hydroxyl groups is 2. The molecule has 0 aromatic carbocycles. The predicted molar refractivity (Wildman–Crippen MR) is 303 cm³/mol. The number of allylic oxidation sites excluding steroid dienone is 14. The monoisotopic (exact) mass is 1050 g/mol. The van der Waals surface area contributed by atoms with Crippen molar-refractivity contribution in [3.63, 3.8) is 0 Å². The Morgan fingerprint density at radius 3 is 1.35 bits per heavy atom. The minimum absolute atomic E-state index is 0.0481. The highest BCUT2D eigenvalue weighted by Gasteiger charge is 2.50. The molecule has 6 unspecified atom stereocenters. The number of carboxylic acid groups (broad SMARTS) is 1. The van der Waals surface area contributed by atoms with Gasteiger partial charge in [-0.25, -0.2) is 4.79 Å². The number of carbonyl (C=O) groups is 4. The highest BCUT2D eigenvalue weighted by atomic mass is 16.7. The summed E-state index contributed by atoms with van der Waals surface area (Å²) in [4.78, 5) is 51.1. The van der Waals surface area contributed by atoms with Crippen molar-refractivity contribution in [2.75, 3.05) is 13.2 Å². The maximum atomic E-state index is 13.1. The van der Waals surface area contributed by atoms with Gasteiger partial charge in [0.2, 0.25) is 0 Å². The van der Waals surface area contributed by atoms with Gasteiger partial charge in [-0.05, 0) is 109 Å². The fourth-order valence-electron chi connectivity index (χ4n) is 8.39. The molecule has 12 heteroatoms. The van der Waals surface area contributed by atoms with Crippen molar-refractivity contribution in [2.45, 2.75) is 276 Å². The Bertz CT molecular complexity index is 1630. The van der Waals surface area contributed by atoms with Gasteiger partial charge in [0, 0.05) is 19.3 Å². The van der Waals surface area contributed by atoms with Crippen molar-refractivity contribution in [1.29, 1.82) is 0 Å². The molecule has 0 spiro atoms. The molecule has 1 rings (SSSR count). The first-order valence-electron chi connectivity index (χ1n) is 29.6. The molecule has 0 saturated carbocycles. The Hall–Kier alpha value is -4.10. The second-order valence-corrected chi connectivity index (χ2v) is 19.9. The third-order valence-corrected chi connectivity index (χ3v) is 12.9. The molecule has 1 aliphatic heterocycles. The van der Waals surface area contributed by atoms with Crippen LogP contribution in [-0.4, -0.2) is 89.2 Å². The van der Waals surface area contributed by atoms with E-state index in [1.807, 2.05) is 0 Å². The first-order chi connectivity index (χ1) is 36.6. The Balaban J connectivity index is 2.69. The number of aliphatic hydroxyl groups excluding tert-OH is 2. The summed E-state index contributed by atoms with van der Waals surface area (Å²) in [5, 5.41) is 31.5. The quantitative estimate of drug-likeness (QED) is 0.0228. The zero-order valence-electron chi connectivity index (χ0n) is 47.0. The van der Waals surface area contributed by atoms with Crippen LogP contribution in [0.3, 0.4) is 0 Å². The van der Waals surface area contributed by atoms with Gasteiger partial charge in [0.15, 0.2) is 24.6 Å². The van der Waals surface area contributed by atoms with Crippen LogP contribution in [0.1, 0.15) is 239 Å². The summed E-state index contributed by atoms with van der Waals surface area (Å²) in [6.45, 7) is 5.75. The van der Waals surface area contributed by atoms with Gasteiger partial charge in [-0.3, -0.25) is 14.4 Å². The minimum atomic E-state index is -1.91. The average molecular weight is 1050 g/mol. The minimum Gasteiger partial charge on any atom is -0.479 e.